The number of nitrogens with zero attached hydrogens (tertiary/aromatic N) is 4. The molecule has 146 valence electrons. The lowest BCUT2D eigenvalue weighted by Crippen LogP contribution is -2.34. The summed E-state index contributed by atoms with van der Waals surface area (Å²) in [6, 6.07) is 4.51. The Morgan fingerprint density at radius 1 is 1.21 bits per heavy atom. The van der Waals surface area contributed by atoms with Crippen LogP contribution in [0.1, 0.15) is 0 Å². The number of sulfonamides is 1. The second-order valence-corrected chi connectivity index (χ2v) is 8.95. The highest BCUT2D eigenvalue weighted by Crippen LogP contribution is 2.36. The van der Waals surface area contributed by atoms with Gasteiger partial charge in [-0.25, -0.2) is 18.2 Å². The number of hydrogen-bond donors (Lipinski definition) is 1. The molecule has 0 saturated heterocycles. The first kappa shape index (κ1) is 19.7. The molecule has 0 aliphatic carbocycles. The number of nitrogens with one attached hydrogen (secondary N) is 1. The maximum atomic E-state index is 12.6. The monoisotopic (exact) mass is 443 g/mol. The largest absolute Gasteiger partial charge is 0.291 e. The van der Waals surface area contributed by atoms with E-state index in [-0.39, 0.29) is 20.3 Å². The first-order chi connectivity index (χ1) is 13.1. The molecule has 15 heteroatoms. The molecule has 0 saturated carbocycles. The molecule has 2 heterocycles. The van der Waals surface area contributed by atoms with Crippen molar-refractivity contribution in [1.29, 1.82) is 0 Å². The molecule has 3 aromatic rings. The number of nitro benzene ring substituents is 2. The van der Waals surface area contributed by atoms with Crippen LogP contribution >= 0.6 is 23.1 Å². The quantitative estimate of drug-likeness (QED) is 0.340. The second kappa shape index (κ2) is 7.17. The molecule has 3 rings (SSSR count). The number of benzene rings is 1. The number of aromatic nitrogens is 2. The zero-order chi connectivity index (χ0) is 20.6. The minimum atomic E-state index is -3.87. The van der Waals surface area contributed by atoms with Crippen molar-refractivity contribution in [2.45, 2.75) is 10.1 Å². The normalized spacial score (nSPS) is 11.5. The second-order valence-electron chi connectivity index (χ2n) is 5.30. The molecule has 12 nitrogen and oxygen atoms in total. The highest BCUT2D eigenvalue weighted by atomic mass is 32.2. The Morgan fingerprint density at radius 3 is 2.54 bits per heavy atom. The third kappa shape index (κ3) is 3.95. The van der Waals surface area contributed by atoms with Gasteiger partial charge in [0.1, 0.15) is 4.70 Å². The van der Waals surface area contributed by atoms with Crippen molar-refractivity contribution in [3.63, 3.8) is 0 Å². The molecule has 28 heavy (non-hydrogen) atoms. The number of rotatable bonds is 6. The number of hydrogen-bond acceptors (Lipinski definition) is 10. The molecule has 1 N–H and O–H groups in total. The summed E-state index contributed by atoms with van der Waals surface area (Å²) in [5.41, 5.74) is -1.47. The lowest BCUT2D eigenvalue weighted by molar-refractivity contribution is -0.396. The smallest absolute Gasteiger partial charge is 0.266 e. The van der Waals surface area contributed by atoms with Crippen LogP contribution in [0.15, 0.2) is 44.5 Å². The van der Waals surface area contributed by atoms with Crippen molar-refractivity contribution in [2.24, 2.45) is 0 Å². The third-order valence-corrected chi connectivity index (χ3v) is 5.68. The molecular weight excluding hydrogens is 434 g/mol. The minimum Gasteiger partial charge on any atom is -0.266 e. The fourth-order valence-electron chi connectivity index (χ4n) is 2.15. The lowest BCUT2D eigenvalue weighted by atomic mass is 10.3. The lowest BCUT2D eigenvalue weighted by Gasteiger charge is -2.12. The van der Waals surface area contributed by atoms with E-state index in [9.17, 15) is 33.4 Å². The molecule has 0 radical (unpaired) electrons. The molecule has 0 spiro atoms. The van der Waals surface area contributed by atoms with Gasteiger partial charge in [-0.1, -0.05) is 0 Å². The SMILES string of the molecule is CS(=O)(=O)Nn1c(Sc2ccc([N+](=O)[O-])cc2[N+](=O)[O-])nc2ccsc2c1=O. The summed E-state index contributed by atoms with van der Waals surface area (Å²) in [4.78, 5) is 39.3. The zero-order valence-electron chi connectivity index (χ0n) is 13.8. The summed E-state index contributed by atoms with van der Waals surface area (Å²) in [6.07, 6.45) is 0.834. The van der Waals surface area contributed by atoms with Crippen LogP contribution in [0.4, 0.5) is 11.4 Å². The standard InChI is InChI=1S/C13H9N5O7S3/c1-28(24,25)15-16-12(19)11-8(4-5-26-11)14-13(16)27-10-3-2-7(17(20)21)6-9(10)18(22)23/h2-6,15H,1H3. The van der Waals surface area contributed by atoms with Crippen molar-refractivity contribution in [3.8, 4) is 0 Å². The van der Waals surface area contributed by atoms with Gasteiger partial charge in [0.15, 0.2) is 5.16 Å². The number of thiophene rings is 1. The number of non-ortho nitro benzene ring substituents is 1. The van der Waals surface area contributed by atoms with Crippen molar-refractivity contribution in [2.75, 3.05) is 11.1 Å². The molecule has 2 aromatic heterocycles. The maximum Gasteiger partial charge on any atom is 0.291 e. The van der Waals surface area contributed by atoms with E-state index in [4.69, 9.17) is 0 Å². The van der Waals surface area contributed by atoms with Gasteiger partial charge in [-0.2, -0.15) is 4.68 Å². The molecule has 0 bridgehead atoms. The van der Waals surface area contributed by atoms with Crippen LogP contribution < -0.4 is 10.4 Å². The summed E-state index contributed by atoms with van der Waals surface area (Å²) < 4.78 is 24.1. The van der Waals surface area contributed by atoms with Gasteiger partial charge in [0.05, 0.1) is 32.6 Å². The van der Waals surface area contributed by atoms with Crippen molar-refractivity contribution < 1.29 is 18.3 Å². The average Bonchev–Trinajstić information content (AvgIpc) is 3.06. The van der Waals surface area contributed by atoms with E-state index in [2.05, 4.69) is 4.98 Å². The topological polar surface area (TPSA) is 167 Å². The fraction of sp³-hybridized carbons (Fsp3) is 0.0769. The molecule has 0 fully saturated rings. The fourth-order valence-corrected chi connectivity index (χ4v) is 4.41. The van der Waals surface area contributed by atoms with Gasteiger partial charge in [0.2, 0.25) is 10.0 Å². The molecule has 0 aliphatic heterocycles. The van der Waals surface area contributed by atoms with Gasteiger partial charge in [0, 0.05) is 6.07 Å². The van der Waals surface area contributed by atoms with Crippen LogP contribution in [0.3, 0.4) is 0 Å². The highest BCUT2D eigenvalue weighted by molar-refractivity contribution is 7.99. The predicted octanol–water partition coefficient (Wildman–Crippen LogP) is 1.93. The first-order valence-corrected chi connectivity index (χ1v) is 10.7. The van der Waals surface area contributed by atoms with Crippen LogP contribution in [0.2, 0.25) is 0 Å². The molecule has 0 unspecified atom stereocenters. The molecule has 0 atom stereocenters. The molecule has 0 amide bonds. The van der Waals surface area contributed by atoms with E-state index in [1.165, 1.54) is 0 Å². The number of fused-ring (bicyclic) bond motifs is 1. The molecule has 0 aliphatic rings. The van der Waals surface area contributed by atoms with Crippen molar-refractivity contribution in [1.82, 2.24) is 9.66 Å². The molecular formula is C13H9N5O7S3. The Labute approximate surface area is 164 Å². The van der Waals surface area contributed by atoms with E-state index >= 15 is 0 Å². The Bertz CT molecular complexity index is 1280. The Hall–Kier alpha value is -3.04. The van der Waals surface area contributed by atoms with Gasteiger partial charge in [-0.15, -0.1) is 11.3 Å². The summed E-state index contributed by atoms with van der Waals surface area (Å²) in [5, 5.41) is 23.6. The van der Waals surface area contributed by atoms with Gasteiger partial charge < -0.3 is 0 Å². The zero-order valence-corrected chi connectivity index (χ0v) is 16.2. The minimum absolute atomic E-state index is 0.0545. The third-order valence-electron chi connectivity index (χ3n) is 3.26. The van der Waals surface area contributed by atoms with E-state index in [0.717, 1.165) is 35.8 Å². The van der Waals surface area contributed by atoms with E-state index in [1.54, 1.807) is 11.4 Å². The number of nitro groups is 2. The summed E-state index contributed by atoms with van der Waals surface area (Å²) in [5.74, 6) is 0. The average molecular weight is 443 g/mol. The van der Waals surface area contributed by atoms with Crippen LogP contribution in [-0.2, 0) is 10.0 Å². The van der Waals surface area contributed by atoms with E-state index in [0.29, 0.717) is 16.4 Å². The summed E-state index contributed by atoms with van der Waals surface area (Å²) in [7, 11) is -3.87. The Morgan fingerprint density at radius 2 is 1.93 bits per heavy atom. The highest BCUT2D eigenvalue weighted by Gasteiger charge is 2.23. The Kier molecular flexibility index (Phi) is 5.05. The van der Waals surface area contributed by atoms with Crippen molar-refractivity contribution >= 4 is 54.7 Å². The van der Waals surface area contributed by atoms with Crippen LogP contribution in [0, 0.1) is 20.2 Å². The van der Waals surface area contributed by atoms with Gasteiger partial charge in [-0.05, 0) is 29.3 Å². The van der Waals surface area contributed by atoms with E-state index < -0.39 is 36.8 Å². The predicted molar refractivity (Wildman–Crippen MR) is 102 cm³/mol. The van der Waals surface area contributed by atoms with Gasteiger partial charge >= 0.3 is 0 Å². The Balaban J connectivity index is 2.19. The first-order valence-electron chi connectivity index (χ1n) is 7.15. The summed E-state index contributed by atoms with van der Waals surface area (Å²) >= 11 is 1.69. The van der Waals surface area contributed by atoms with E-state index in [1.807, 2.05) is 4.83 Å². The van der Waals surface area contributed by atoms with Gasteiger partial charge in [-0.3, -0.25) is 25.0 Å². The van der Waals surface area contributed by atoms with Gasteiger partial charge in [0.25, 0.3) is 16.9 Å². The van der Waals surface area contributed by atoms with Crippen LogP contribution in [-0.4, -0.2) is 34.2 Å². The van der Waals surface area contributed by atoms with Crippen molar-refractivity contribution in [3.05, 3.63) is 60.2 Å². The van der Waals surface area contributed by atoms with Crippen LogP contribution in [0.5, 0.6) is 0 Å². The van der Waals surface area contributed by atoms with Crippen LogP contribution in [0.25, 0.3) is 10.2 Å². The summed E-state index contributed by atoms with van der Waals surface area (Å²) in [6.45, 7) is 0. The molecule has 1 aromatic carbocycles. The maximum absolute atomic E-state index is 12.6.